The number of hydrogen-bond acceptors (Lipinski definition) is 5. The van der Waals surface area contributed by atoms with Crippen molar-refractivity contribution in [2.24, 2.45) is 17.3 Å². The maximum atomic E-state index is 12.9. The number of para-hydroxylation sites is 1. The Morgan fingerprint density at radius 1 is 1.07 bits per heavy atom. The number of carbonyl (C=O) groups excluding carboxylic acids is 1. The van der Waals surface area contributed by atoms with E-state index in [9.17, 15) is 14.7 Å². The third kappa shape index (κ3) is 3.26. The molecule has 0 saturated heterocycles. The molecule has 0 saturated carbocycles. The van der Waals surface area contributed by atoms with E-state index in [0.717, 1.165) is 18.4 Å². The van der Waals surface area contributed by atoms with Gasteiger partial charge >= 0.3 is 5.91 Å². The molecule has 8 nitrogen and oxygen atoms in total. The zero-order chi connectivity index (χ0) is 21.3. The molecule has 4 rings (SSSR count). The molecule has 0 aliphatic heterocycles. The van der Waals surface area contributed by atoms with Crippen molar-refractivity contribution in [2.45, 2.75) is 26.3 Å². The van der Waals surface area contributed by atoms with Crippen LogP contribution in [0.25, 0.3) is 21.7 Å². The lowest BCUT2D eigenvalue weighted by Gasteiger charge is -2.08. The van der Waals surface area contributed by atoms with Crippen molar-refractivity contribution in [3.05, 3.63) is 64.6 Å². The van der Waals surface area contributed by atoms with Crippen molar-refractivity contribution in [3.63, 3.8) is 0 Å². The lowest BCUT2D eigenvalue weighted by molar-refractivity contribution is 0.0989. The van der Waals surface area contributed by atoms with E-state index in [1.54, 1.807) is 41.9 Å². The maximum Gasteiger partial charge on any atom is 0.316 e. The predicted molar refractivity (Wildman–Crippen MR) is 114 cm³/mol. The Hall–Kier alpha value is -3.81. The lowest BCUT2D eigenvalue weighted by atomic mass is 10.1. The van der Waals surface area contributed by atoms with E-state index in [4.69, 9.17) is 0 Å². The van der Waals surface area contributed by atoms with Gasteiger partial charge < -0.3 is 9.67 Å². The molecule has 2 heterocycles. The number of aromatic hydroxyl groups is 1. The van der Waals surface area contributed by atoms with Gasteiger partial charge in [0.15, 0.2) is 11.4 Å². The van der Waals surface area contributed by atoms with Crippen LogP contribution in [0.2, 0.25) is 0 Å². The number of hydrogen-bond donors (Lipinski definition) is 1. The van der Waals surface area contributed by atoms with Gasteiger partial charge in [0.25, 0.3) is 5.56 Å². The number of unbranched alkanes of at least 4 members (excludes halogenated alkanes) is 1. The number of benzene rings is 2. The van der Waals surface area contributed by atoms with E-state index in [2.05, 4.69) is 15.3 Å². The molecule has 0 radical (unpaired) electrons. The molecule has 0 aliphatic carbocycles. The van der Waals surface area contributed by atoms with E-state index in [1.165, 1.54) is 4.68 Å². The average molecular weight is 403 g/mol. The molecule has 1 N–H and O–H groups in total. The van der Waals surface area contributed by atoms with Crippen LogP contribution in [0.4, 0.5) is 5.69 Å². The van der Waals surface area contributed by atoms with Crippen LogP contribution in [0.15, 0.2) is 63.6 Å². The molecule has 0 fully saturated rings. The van der Waals surface area contributed by atoms with E-state index in [1.807, 2.05) is 25.1 Å². The van der Waals surface area contributed by atoms with Crippen LogP contribution in [0.1, 0.15) is 30.3 Å². The number of aromatic nitrogens is 3. The fourth-order valence-electron chi connectivity index (χ4n) is 3.45. The van der Waals surface area contributed by atoms with Crippen molar-refractivity contribution < 1.29 is 9.90 Å². The first kappa shape index (κ1) is 19.5. The molecule has 2 aromatic carbocycles. The average Bonchev–Trinajstić information content (AvgIpc) is 3.02. The molecule has 0 bridgehead atoms. The van der Waals surface area contributed by atoms with Gasteiger partial charge in [-0.25, -0.2) is 4.68 Å². The predicted octanol–water partition coefficient (Wildman–Crippen LogP) is 4.32. The van der Waals surface area contributed by atoms with Crippen molar-refractivity contribution in [3.8, 4) is 5.88 Å². The van der Waals surface area contributed by atoms with Crippen LogP contribution in [0.3, 0.4) is 0 Å². The summed E-state index contributed by atoms with van der Waals surface area (Å²) >= 11 is 0. The number of rotatable bonds is 5. The molecule has 0 aliphatic rings. The second-order valence-electron chi connectivity index (χ2n) is 7.03. The van der Waals surface area contributed by atoms with Gasteiger partial charge in [0.1, 0.15) is 0 Å². The number of aryl methyl sites for hydroxylation is 2. The summed E-state index contributed by atoms with van der Waals surface area (Å²) < 4.78 is 2.89. The molecule has 1 amide bonds. The normalized spacial score (nSPS) is 11.7. The Labute approximate surface area is 172 Å². The minimum Gasteiger partial charge on any atom is -0.493 e. The molecule has 2 aromatic heterocycles. The van der Waals surface area contributed by atoms with Crippen molar-refractivity contribution in [1.82, 2.24) is 14.3 Å². The third-order valence-electron chi connectivity index (χ3n) is 5.08. The minimum atomic E-state index is -0.677. The van der Waals surface area contributed by atoms with Gasteiger partial charge in [-0.2, -0.15) is 5.10 Å². The summed E-state index contributed by atoms with van der Waals surface area (Å²) in [7, 11) is 1.71. The highest BCUT2D eigenvalue weighted by Gasteiger charge is 2.18. The highest BCUT2D eigenvalue weighted by atomic mass is 16.3. The number of carbonyl (C=O) groups is 1. The summed E-state index contributed by atoms with van der Waals surface area (Å²) in [4.78, 5) is 25.6. The van der Waals surface area contributed by atoms with Gasteiger partial charge in [-0.3, -0.25) is 9.59 Å². The third-order valence-corrected chi connectivity index (χ3v) is 5.08. The Kier molecular flexibility index (Phi) is 5.14. The van der Waals surface area contributed by atoms with Crippen molar-refractivity contribution >= 4 is 33.3 Å². The zero-order valence-electron chi connectivity index (χ0n) is 16.7. The molecule has 0 unspecified atom stereocenters. The van der Waals surface area contributed by atoms with Crippen molar-refractivity contribution in [1.29, 1.82) is 0 Å². The highest BCUT2D eigenvalue weighted by molar-refractivity contribution is 6.05. The number of fused-ring (bicyclic) bond motifs is 2. The van der Waals surface area contributed by atoms with E-state index in [0.29, 0.717) is 22.7 Å². The van der Waals surface area contributed by atoms with Gasteiger partial charge in [0.05, 0.1) is 10.9 Å². The topological polar surface area (TPSA) is 102 Å². The van der Waals surface area contributed by atoms with E-state index in [-0.39, 0.29) is 22.8 Å². The molecule has 0 spiro atoms. The van der Waals surface area contributed by atoms with Crippen LogP contribution in [0, 0.1) is 0 Å². The lowest BCUT2D eigenvalue weighted by Crippen LogP contribution is -2.25. The standard InChI is InChI=1S/C22H21N5O3/c1-3-4-13-27-21(29)15-10-6-5-9-14(15)18(25-27)20(28)24-23-19-16-11-7-8-12-17(16)26(2)22(19)30/h5-12,30H,3-4,13H2,1-2H3. The van der Waals surface area contributed by atoms with Crippen LogP contribution < -0.4 is 5.56 Å². The van der Waals surface area contributed by atoms with Gasteiger partial charge in [0, 0.05) is 24.4 Å². The second kappa shape index (κ2) is 7.90. The summed E-state index contributed by atoms with van der Waals surface area (Å²) in [6, 6.07) is 14.1. The fraction of sp³-hybridized carbons (Fsp3) is 0.227. The Bertz CT molecular complexity index is 1350. The summed E-state index contributed by atoms with van der Waals surface area (Å²) in [5.41, 5.74) is 0.808. The maximum absolute atomic E-state index is 12.9. The number of azo groups is 1. The Morgan fingerprint density at radius 3 is 2.47 bits per heavy atom. The first-order valence-electron chi connectivity index (χ1n) is 9.75. The van der Waals surface area contributed by atoms with Gasteiger partial charge in [-0.05, 0) is 18.6 Å². The summed E-state index contributed by atoms with van der Waals surface area (Å²) in [5.74, 6) is -0.762. The monoisotopic (exact) mass is 403 g/mol. The van der Waals surface area contributed by atoms with Crippen LogP contribution in [0.5, 0.6) is 5.88 Å². The van der Waals surface area contributed by atoms with Crippen LogP contribution >= 0.6 is 0 Å². The van der Waals surface area contributed by atoms with Crippen LogP contribution in [-0.4, -0.2) is 25.4 Å². The molecule has 4 aromatic rings. The molecule has 8 heteroatoms. The number of nitrogens with zero attached hydrogens (tertiary/aromatic N) is 5. The Balaban J connectivity index is 1.80. The van der Waals surface area contributed by atoms with Crippen molar-refractivity contribution in [2.75, 3.05) is 0 Å². The summed E-state index contributed by atoms with van der Waals surface area (Å²) in [6.07, 6.45) is 1.66. The SMILES string of the molecule is CCCCn1nc(C(=O)N=Nc2c(O)n(C)c3ccccc23)c2ccccc2c1=O. The quantitative estimate of drug-likeness (QED) is 0.501. The number of amides is 1. The highest BCUT2D eigenvalue weighted by Crippen LogP contribution is 2.37. The molecular weight excluding hydrogens is 382 g/mol. The van der Waals surface area contributed by atoms with Gasteiger partial charge in [-0.15, -0.1) is 10.2 Å². The first-order chi connectivity index (χ1) is 14.5. The molecule has 30 heavy (non-hydrogen) atoms. The molecule has 0 atom stereocenters. The zero-order valence-corrected chi connectivity index (χ0v) is 16.7. The fourth-order valence-corrected chi connectivity index (χ4v) is 3.45. The summed E-state index contributed by atoms with van der Waals surface area (Å²) in [5, 5.41) is 24.0. The molecule has 152 valence electrons. The Morgan fingerprint density at radius 2 is 1.73 bits per heavy atom. The second-order valence-corrected chi connectivity index (χ2v) is 7.03. The van der Waals surface area contributed by atoms with Gasteiger partial charge in [-0.1, -0.05) is 49.7 Å². The van der Waals surface area contributed by atoms with Gasteiger partial charge in [0.2, 0.25) is 5.88 Å². The van der Waals surface area contributed by atoms with E-state index < -0.39 is 5.91 Å². The largest absolute Gasteiger partial charge is 0.493 e. The summed E-state index contributed by atoms with van der Waals surface area (Å²) in [6.45, 7) is 2.44. The minimum absolute atomic E-state index is 0.0600. The van der Waals surface area contributed by atoms with Crippen LogP contribution in [-0.2, 0) is 13.6 Å². The smallest absolute Gasteiger partial charge is 0.316 e. The van der Waals surface area contributed by atoms with E-state index >= 15 is 0 Å². The first-order valence-corrected chi connectivity index (χ1v) is 9.75. The molecular formula is C22H21N5O3.